The van der Waals surface area contributed by atoms with Gasteiger partial charge in [0.2, 0.25) is 5.88 Å². The van der Waals surface area contributed by atoms with Gasteiger partial charge in [0.05, 0.1) is 7.11 Å². The van der Waals surface area contributed by atoms with E-state index in [4.69, 9.17) is 4.74 Å². The SMILES string of the molecule is CN=C(NCc1cccnc1OC)NC1CCC(SC)C1. The summed E-state index contributed by atoms with van der Waals surface area (Å²) >= 11 is 1.96. The van der Waals surface area contributed by atoms with Gasteiger partial charge in [0.15, 0.2) is 5.96 Å². The highest BCUT2D eigenvalue weighted by atomic mass is 32.2. The first-order valence-electron chi connectivity index (χ1n) is 7.24. The van der Waals surface area contributed by atoms with Crippen LogP contribution in [0.4, 0.5) is 0 Å². The molecule has 2 unspecified atom stereocenters. The van der Waals surface area contributed by atoms with Crippen molar-refractivity contribution in [2.75, 3.05) is 20.4 Å². The first-order valence-corrected chi connectivity index (χ1v) is 8.53. The van der Waals surface area contributed by atoms with E-state index >= 15 is 0 Å². The average Bonchev–Trinajstić information content (AvgIpc) is 2.99. The zero-order valence-corrected chi connectivity index (χ0v) is 13.7. The number of pyridine rings is 1. The molecule has 0 amide bonds. The zero-order valence-electron chi connectivity index (χ0n) is 12.9. The van der Waals surface area contributed by atoms with Crippen LogP contribution in [0, 0.1) is 0 Å². The van der Waals surface area contributed by atoms with Gasteiger partial charge in [-0.2, -0.15) is 11.8 Å². The number of hydrogen-bond donors (Lipinski definition) is 2. The van der Waals surface area contributed by atoms with Crippen LogP contribution >= 0.6 is 11.8 Å². The Kier molecular flexibility index (Phi) is 6.17. The van der Waals surface area contributed by atoms with Crippen molar-refractivity contribution < 1.29 is 4.74 Å². The van der Waals surface area contributed by atoms with E-state index in [9.17, 15) is 0 Å². The Morgan fingerprint density at radius 3 is 3.05 bits per heavy atom. The normalized spacial score (nSPS) is 22.1. The summed E-state index contributed by atoms with van der Waals surface area (Å²) in [4.78, 5) is 8.50. The zero-order chi connectivity index (χ0) is 15.1. The van der Waals surface area contributed by atoms with Crippen molar-refractivity contribution in [1.82, 2.24) is 15.6 Å². The molecule has 2 N–H and O–H groups in total. The molecule has 1 aliphatic carbocycles. The molecule has 2 atom stereocenters. The number of ether oxygens (including phenoxy) is 1. The van der Waals surface area contributed by atoms with Gasteiger partial charge in [-0.05, 0) is 31.6 Å². The predicted molar refractivity (Wildman–Crippen MR) is 89.1 cm³/mol. The van der Waals surface area contributed by atoms with Gasteiger partial charge in [-0.25, -0.2) is 4.98 Å². The molecule has 0 spiro atoms. The lowest BCUT2D eigenvalue weighted by Crippen LogP contribution is -2.42. The molecule has 0 radical (unpaired) electrons. The smallest absolute Gasteiger partial charge is 0.218 e. The molecule has 116 valence electrons. The largest absolute Gasteiger partial charge is 0.481 e. The number of nitrogens with zero attached hydrogens (tertiary/aromatic N) is 2. The van der Waals surface area contributed by atoms with E-state index in [0.717, 1.165) is 16.8 Å². The summed E-state index contributed by atoms with van der Waals surface area (Å²) in [5, 5.41) is 7.61. The van der Waals surface area contributed by atoms with Crippen molar-refractivity contribution in [3.05, 3.63) is 23.9 Å². The van der Waals surface area contributed by atoms with E-state index in [-0.39, 0.29) is 0 Å². The fourth-order valence-corrected chi connectivity index (χ4v) is 3.39. The molecule has 1 heterocycles. The van der Waals surface area contributed by atoms with Crippen molar-refractivity contribution in [2.24, 2.45) is 4.99 Å². The number of nitrogens with one attached hydrogen (secondary N) is 2. The highest BCUT2D eigenvalue weighted by molar-refractivity contribution is 7.99. The molecule has 0 bridgehead atoms. The van der Waals surface area contributed by atoms with Gasteiger partial charge in [0.25, 0.3) is 0 Å². The van der Waals surface area contributed by atoms with E-state index in [2.05, 4.69) is 26.9 Å². The van der Waals surface area contributed by atoms with E-state index in [1.54, 1.807) is 20.4 Å². The Morgan fingerprint density at radius 2 is 2.38 bits per heavy atom. The summed E-state index contributed by atoms with van der Waals surface area (Å²) in [5.74, 6) is 1.50. The molecule has 21 heavy (non-hydrogen) atoms. The van der Waals surface area contributed by atoms with Crippen LogP contribution in [0.2, 0.25) is 0 Å². The maximum absolute atomic E-state index is 5.26. The predicted octanol–water partition coefficient (Wildman–Crippen LogP) is 2.04. The minimum absolute atomic E-state index is 0.518. The fraction of sp³-hybridized carbons (Fsp3) is 0.600. The Bertz CT molecular complexity index is 480. The lowest BCUT2D eigenvalue weighted by atomic mass is 10.2. The van der Waals surface area contributed by atoms with Crippen LogP contribution in [0.5, 0.6) is 5.88 Å². The second-order valence-corrected chi connectivity index (χ2v) is 6.25. The van der Waals surface area contributed by atoms with Crippen LogP contribution < -0.4 is 15.4 Å². The summed E-state index contributed by atoms with van der Waals surface area (Å²) in [6.07, 6.45) is 7.62. The third-order valence-corrected chi connectivity index (χ3v) is 4.87. The highest BCUT2D eigenvalue weighted by Crippen LogP contribution is 2.28. The average molecular weight is 308 g/mol. The van der Waals surface area contributed by atoms with Crippen molar-refractivity contribution in [3.8, 4) is 5.88 Å². The molecule has 1 saturated carbocycles. The molecule has 1 aromatic rings. The number of methoxy groups -OCH3 is 1. The summed E-state index contributed by atoms with van der Waals surface area (Å²) < 4.78 is 5.26. The maximum atomic E-state index is 5.26. The van der Waals surface area contributed by atoms with Gasteiger partial charge >= 0.3 is 0 Å². The summed E-state index contributed by atoms with van der Waals surface area (Å²) in [6, 6.07) is 4.44. The minimum Gasteiger partial charge on any atom is -0.481 e. The number of aromatic nitrogens is 1. The van der Waals surface area contributed by atoms with E-state index in [1.807, 2.05) is 23.9 Å². The number of guanidine groups is 1. The monoisotopic (exact) mass is 308 g/mol. The van der Waals surface area contributed by atoms with Gasteiger partial charge in [-0.1, -0.05) is 6.07 Å². The van der Waals surface area contributed by atoms with E-state index in [0.29, 0.717) is 18.5 Å². The molecule has 0 saturated heterocycles. The Balaban J connectivity index is 1.86. The molecule has 1 fully saturated rings. The molecule has 6 heteroatoms. The first-order chi connectivity index (χ1) is 10.3. The molecule has 2 rings (SSSR count). The summed E-state index contributed by atoms with van der Waals surface area (Å²) in [6.45, 7) is 0.648. The lowest BCUT2D eigenvalue weighted by Gasteiger charge is -2.17. The topological polar surface area (TPSA) is 58.5 Å². The van der Waals surface area contributed by atoms with Crippen molar-refractivity contribution in [2.45, 2.75) is 37.1 Å². The molecule has 1 aliphatic rings. The molecular formula is C15H24N4OS. The van der Waals surface area contributed by atoms with Crippen molar-refractivity contribution in [3.63, 3.8) is 0 Å². The lowest BCUT2D eigenvalue weighted by molar-refractivity contribution is 0.392. The van der Waals surface area contributed by atoms with E-state index < -0.39 is 0 Å². The van der Waals surface area contributed by atoms with Gasteiger partial charge in [-0.15, -0.1) is 0 Å². The third-order valence-electron chi connectivity index (χ3n) is 3.77. The Hall–Kier alpha value is -1.43. The van der Waals surface area contributed by atoms with Gasteiger partial charge in [-0.3, -0.25) is 4.99 Å². The third kappa shape index (κ3) is 4.52. The first kappa shape index (κ1) is 15.9. The second kappa shape index (κ2) is 8.12. The minimum atomic E-state index is 0.518. The van der Waals surface area contributed by atoms with Crippen molar-refractivity contribution >= 4 is 17.7 Å². The number of rotatable bonds is 5. The highest BCUT2D eigenvalue weighted by Gasteiger charge is 2.24. The second-order valence-electron chi connectivity index (χ2n) is 5.11. The van der Waals surface area contributed by atoms with Crippen LogP contribution in [0.15, 0.2) is 23.3 Å². The standard InChI is InChI=1S/C15H24N4OS/c1-16-15(19-12-6-7-13(9-12)21-3)18-10-11-5-4-8-17-14(11)20-2/h4-5,8,12-13H,6-7,9-10H2,1-3H3,(H2,16,18,19). The number of aliphatic imine (C=N–C) groups is 1. The van der Waals surface area contributed by atoms with Gasteiger partial charge in [0.1, 0.15) is 0 Å². The van der Waals surface area contributed by atoms with E-state index in [1.165, 1.54) is 19.3 Å². The molecular weight excluding hydrogens is 284 g/mol. The summed E-state index contributed by atoms with van der Waals surface area (Å²) in [7, 11) is 3.44. The maximum Gasteiger partial charge on any atom is 0.218 e. The molecule has 0 aromatic carbocycles. The quantitative estimate of drug-likeness (QED) is 0.644. The number of hydrogen-bond acceptors (Lipinski definition) is 4. The Morgan fingerprint density at radius 1 is 1.52 bits per heavy atom. The van der Waals surface area contributed by atoms with Crippen LogP contribution in [-0.2, 0) is 6.54 Å². The molecule has 5 nitrogen and oxygen atoms in total. The van der Waals surface area contributed by atoms with Crippen molar-refractivity contribution in [1.29, 1.82) is 0 Å². The van der Waals surface area contributed by atoms with Crippen LogP contribution in [-0.4, -0.2) is 42.6 Å². The van der Waals surface area contributed by atoms with Gasteiger partial charge in [0, 0.05) is 36.6 Å². The summed E-state index contributed by atoms with van der Waals surface area (Å²) in [5.41, 5.74) is 1.02. The fourth-order valence-electron chi connectivity index (χ4n) is 2.59. The van der Waals surface area contributed by atoms with Gasteiger partial charge < -0.3 is 15.4 Å². The van der Waals surface area contributed by atoms with Crippen LogP contribution in [0.25, 0.3) is 0 Å². The molecule has 1 aromatic heterocycles. The van der Waals surface area contributed by atoms with Crippen LogP contribution in [0.3, 0.4) is 0 Å². The number of thioether (sulfide) groups is 1. The Labute approximate surface area is 131 Å². The molecule has 0 aliphatic heterocycles. The van der Waals surface area contributed by atoms with Crippen LogP contribution in [0.1, 0.15) is 24.8 Å².